The van der Waals surface area contributed by atoms with Crippen LogP contribution in [0.5, 0.6) is 11.6 Å². The van der Waals surface area contributed by atoms with E-state index in [2.05, 4.69) is 29.9 Å². The lowest BCUT2D eigenvalue weighted by atomic mass is 9.72. The van der Waals surface area contributed by atoms with Crippen molar-refractivity contribution in [3.63, 3.8) is 0 Å². The summed E-state index contributed by atoms with van der Waals surface area (Å²) in [4.78, 5) is 58.6. The zero-order chi connectivity index (χ0) is 42.7. The van der Waals surface area contributed by atoms with Gasteiger partial charge in [-0.1, -0.05) is 6.07 Å². The van der Waals surface area contributed by atoms with Gasteiger partial charge in [-0.25, -0.2) is 23.9 Å². The molecule has 1 spiro atoms. The molecule has 1 aromatic carbocycles. The molecule has 59 heavy (non-hydrogen) atoms. The van der Waals surface area contributed by atoms with Crippen molar-refractivity contribution in [2.24, 2.45) is 11.3 Å². The third kappa shape index (κ3) is 10.7. The first kappa shape index (κ1) is 43.5. The Labute approximate surface area is 347 Å². The summed E-state index contributed by atoms with van der Waals surface area (Å²) in [5.74, 6) is 1.51. The molecule has 3 aliphatic rings. The first-order chi connectivity index (χ1) is 27.8. The molecule has 3 fully saturated rings. The second-order valence-corrected chi connectivity index (χ2v) is 18.3. The van der Waals surface area contributed by atoms with E-state index >= 15 is 0 Å². The normalized spacial score (nSPS) is 17.4. The van der Waals surface area contributed by atoms with Gasteiger partial charge in [0.25, 0.3) is 11.8 Å². The van der Waals surface area contributed by atoms with Gasteiger partial charge in [0.1, 0.15) is 34.9 Å². The molecule has 3 saturated heterocycles. The highest BCUT2D eigenvalue weighted by molar-refractivity contribution is 6.08. The van der Waals surface area contributed by atoms with Crippen molar-refractivity contribution in [1.29, 1.82) is 0 Å². The Bertz CT molecular complexity index is 1930. The molecule has 15 nitrogen and oxygen atoms in total. The molecule has 0 aliphatic carbocycles. The minimum Gasteiger partial charge on any atom is -0.443 e. The van der Waals surface area contributed by atoms with Gasteiger partial charge >= 0.3 is 12.2 Å². The second kappa shape index (κ2) is 17.6. The van der Waals surface area contributed by atoms with Crippen molar-refractivity contribution in [2.75, 3.05) is 67.1 Å². The lowest BCUT2D eigenvalue weighted by Gasteiger charge is -2.54. The van der Waals surface area contributed by atoms with Crippen LogP contribution < -0.4 is 19.4 Å². The number of benzene rings is 1. The number of ether oxygens (including phenoxy) is 3. The van der Waals surface area contributed by atoms with E-state index in [-0.39, 0.29) is 40.4 Å². The molecule has 0 N–H and O–H groups in total. The van der Waals surface area contributed by atoms with E-state index in [0.29, 0.717) is 24.1 Å². The zero-order valence-corrected chi connectivity index (χ0v) is 36.0. The minimum atomic E-state index is -0.840. The number of pyridine rings is 1. The van der Waals surface area contributed by atoms with Crippen molar-refractivity contribution < 1.29 is 33.0 Å². The smallest absolute Gasteiger partial charge is 0.425 e. The summed E-state index contributed by atoms with van der Waals surface area (Å²) in [7, 11) is 0. The fourth-order valence-electron chi connectivity index (χ4n) is 8.04. The Kier molecular flexibility index (Phi) is 13.0. The van der Waals surface area contributed by atoms with E-state index < -0.39 is 29.2 Å². The van der Waals surface area contributed by atoms with Crippen molar-refractivity contribution >= 4 is 35.5 Å². The first-order valence-electron chi connectivity index (χ1n) is 20.7. The number of hydrogen-bond acceptors (Lipinski definition) is 13. The molecule has 320 valence electrons. The van der Waals surface area contributed by atoms with E-state index in [1.807, 2.05) is 26.8 Å². The van der Waals surface area contributed by atoms with E-state index in [0.717, 1.165) is 76.4 Å². The van der Waals surface area contributed by atoms with Crippen LogP contribution in [0.1, 0.15) is 98.4 Å². The van der Waals surface area contributed by atoms with Crippen LogP contribution in [0, 0.1) is 17.2 Å². The predicted octanol–water partition coefficient (Wildman–Crippen LogP) is 7.56. The molecule has 3 aliphatic heterocycles. The largest absolute Gasteiger partial charge is 0.443 e. The molecular formula is C43H60FN9O6. The lowest BCUT2D eigenvalue weighted by molar-refractivity contribution is 0.0428. The number of likely N-dealkylation sites (tertiary alicyclic amines) is 1. The standard InChI is InChI=1S/C43H60FN9O6/c1-10-52(29(2)3)38(54)32-24-31(44)14-15-33(32)57-37-36(45-28-46-48-37)51-26-43(27-51)18-22-49(23-19-43)25-30-16-20-50(21-17-30)34-12-11-13-35(47-34)53(39(55)58-41(4,5)6)40(56)59-42(7,8)9/h11-15,24,28-30H,10,16-23,25-27H2,1-9H3. The average Bonchev–Trinajstić information content (AvgIpc) is 3.14. The van der Waals surface area contributed by atoms with Crippen LogP contribution in [0.25, 0.3) is 0 Å². The van der Waals surface area contributed by atoms with Gasteiger partial charge in [-0.15, -0.1) is 10.2 Å². The highest BCUT2D eigenvalue weighted by atomic mass is 19.1. The van der Waals surface area contributed by atoms with Gasteiger partial charge in [-0.3, -0.25) is 4.79 Å². The average molecular weight is 818 g/mol. The number of amides is 3. The minimum absolute atomic E-state index is 0.0679. The van der Waals surface area contributed by atoms with Gasteiger partial charge < -0.3 is 33.8 Å². The third-order valence-corrected chi connectivity index (χ3v) is 11.0. The van der Waals surface area contributed by atoms with Crippen LogP contribution in [0.15, 0.2) is 42.7 Å². The number of carbonyl (C=O) groups excluding carboxylic acids is 3. The van der Waals surface area contributed by atoms with Crippen LogP contribution in [0.4, 0.5) is 31.4 Å². The Balaban J connectivity index is 1.01. The van der Waals surface area contributed by atoms with E-state index in [9.17, 15) is 18.8 Å². The number of anilines is 3. The molecule has 6 rings (SSSR count). The molecule has 0 bridgehead atoms. The van der Waals surface area contributed by atoms with Gasteiger partial charge in [0.05, 0.1) is 5.56 Å². The Hall–Kier alpha value is -5.12. The van der Waals surface area contributed by atoms with Gasteiger partial charge in [-0.2, -0.15) is 4.90 Å². The SMILES string of the molecule is CCN(C(=O)c1cc(F)ccc1Oc1nncnc1N1CC2(CCN(CC3CCN(c4cccc(N(C(=O)OC(C)(C)C)C(=O)OC(C)(C)C)n4)CC3)CC2)C1)C(C)C. The quantitative estimate of drug-likeness (QED) is 0.198. The number of aromatic nitrogens is 4. The maximum atomic E-state index is 14.4. The summed E-state index contributed by atoms with van der Waals surface area (Å²) in [5.41, 5.74) is -1.33. The predicted molar refractivity (Wildman–Crippen MR) is 223 cm³/mol. The fourth-order valence-corrected chi connectivity index (χ4v) is 8.04. The van der Waals surface area contributed by atoms with Crippen LogP contribution in [-0.2, 0) is 9.47 Å². The molecule has 0 saturated carbocycles. The highest BCUT2D eigenvalue weighted by Gasteiger charge is 2.46. The van der Waals surface area contributed by atoms with Crippen LogP contribution >= 0.6 is 0 Å². The van der Waals surface area contributed by atoms with E-state index in [1.165, 1.54) is 24.5 Å². The monoisotopic (exact) mass is 817 g/mol. The van der Waals surface area contributed by atoms with Crippen LogP contribution in [0.2, 0.25) is 0 Å². The molecule has 5 heterocycles. The molecule has 3 amide bonds. The van der Waals surface area contributed by atoms with Gasteiger partial charge in [0.2, 0.25) is 0 Å². The van der Waals surface area contributed by atoms with E-state index in [4.69, 9.17) is 19.2 Å². The second-order valence-electron chi connectivity index (χ2n) is 18.3. The van der Waals surface area contributed by atoms with Gasteiger partial charge in [0, 0.05) is 50.7 Å². The van der Waals surface area contributed by atoms with Crippen molar-refractivity contribution in [3.8, 4) is 11.6 Å². The molecule has 2 aromatic heterocycles. The maximum absolute atomic E-state index is 14.4. The number of nitrogens with zero attached hydrogens (tertiary/aromatic N) is 9. The van der Waals surface area contributed by atoms with Crippen molar-refractivity contribution in [1.82, 2.24) is 30.0 Å². The summed E-state index contributed by atoms with van der Waals surface area (Å²) in [6, 6.07) is 9.18. The number of rotatable bonds is 10. The van der Waals surface area contributed by atoms with Crippen molar-refractivity contribution in [2.45, 2.75) is 105 Å². The number of imide groups is 1. The summed E-state index contributed by atoms with van der Waals surface area (Å²) in [5, 5.41) is 8.19. The number of hydrogen-bond donors (Lipinski definition) is 0. The molecule has 3 aromatic rings. The Morgan fingerprint density at radius 1 is 0.915 bits per heavy atom. The topological polar surface area (TPSA) is 147 Å². The molecule has 16 heteroatoms. The van der Waals surface area contributed by atoms with Crippen molar-refractivity contribution in [3.05, 3.63) is 54.1 Å². The third-order valence-electron chi connectivity index (χ3n) is 11.0. The first-order valence-corrected chi connectivity index (χ1v) is 20.7. The number of halogens is 1. The lowest BCUT2D eigenvalue weighted by Crippen LogP contribution is -2.61. The van der Waals surface area contributed by atoms with Crippen LogP contribution in [0.3, 0.4) is 0 Å². The summed E-state index contributed by atoms with van der Waals surface area (Å²) in [6.45, 7) is 23.0. The Morgan fingerprint density at radius 3 is 2.15 bits per heavy atom. The molecule has 0 radical (unpaired) electrons. The summed E-state index contributed by atoms with van der Waals surface area (Å²) in [6.07, 6.45) is 3.85. The van der Waals surface area contributed by atoms with Gasteiger partial charge in [0.15, 0.2) is 11.6 Å². The molecular weight excluding hydrogens is 758 g/mol. The summed E-state index contributed by atoms with van der Waals surface area (Å²) < 4.78 is 31.7. The molecule has 0 unspecified atom stereocenters. The number of carbonyl (C=O) groups is 3. The molecule has 0 atom stereocenters. The summed E-state index contributed by atoms with van der Waals surface area (Å²) >= 11 is 0. The number of piperidine rings is 2. The Morgan fingerprint density at radius 2 is 1.56 bits per heavy atom. The van der Waals surface area contributed by atoms with Gasteiger partial charge in [-0.05, 0) is 137 Å². The zero-order valence-electron chi connectivity index (χ0n) is 36.0. The van der Waals surface area contributed by atoms with E-state index in [1.54, 1.807) is 58.6 Å². The highest BCUT2D eigenvalue weighted by Crippen LogP contribution is 2.45. The maximum Gasteiger partial charge on any atom is 0.425 e. The fraction of sp³-hybridized carbons (Fsp3) is 0.605. The van der Waals surface area contributed by atoms with Crippen LogP contribution in [-0.4, -0.2) is 118 Å².